The van der Waals surface area contributed by atoms with Gasteiger partial charge in [-0.1, -0.05) is 0 Å². The number of nitrogens with one attached hydrogen (secondary N) is 1. The van der Waals surface area contributed by atoms with Crippen LogP contribution in [0, 0.1) is 0 Å². The Balaban J connectivity index is 2.06. The maximum atomic E-state index is 3.51. The molecule has 0 saturated carbocycles. The molecule has 0 aliphatic carbocycles. The molecule has 1 heterocycles. The molecule has 0 aromatic heterocycles. The molecule has 0 aromatic carbocycles. The smallest absolute Gasteiger partial charge is 0.0126 e. The molecule has 1 aliphatic rings. The zero-order valence-electron chi connectivity index (χ0n) is 13.0. The van der Waals surface area contributed by atoms with E-state index in [0.29, 0.717) is 5.54 Å². The summed E-state index contributed by atoms with van der Waals surface area (Å²) in [5, 5.41) is 3.51. The molecule has 0 atom stereocenters. The van der Waals surface area contributed by atoms with Crippen molar-refractivity contribution in [2.75, 3.05) is 66.5 Å². The lowest BCUT2D eigenvalue weighted by atomic mass is 10.1. The Hall–Kier alpha value is -0.160. The minimum atomic E-state index is 0.329. The molecular weight excluding hydrogens is 224 g/mol. The number of rotatable bonds is 6. The van der Waals surface area contributed by atoms with Crippen LogP contribution in [0.15, 0.2) is 0 Å². The molecule has 1 N–H and O–H groups in total. The molecule has 4 heteroatoms. The van der Waals surface area contributed by atoms with E-state index in [9.17, 15) is 0 Å². The molecule has 0 spiro atoms. The summed E-state index contributed by atoms with van der Waals surface area (Å²) >= 11 is 0. The van der Waals surface area contributed by atoms with Crippen LogP contribution >= 0.6 is 0 Å². The molecule has 4 nitrogen and oxygen atoms in total. The van der Waals surface area contributed by atoms with Crippen molar-refractivity contribution in [2.24, 2.45) is 0 Å². The SMILES string of the molecule is CN(C)CCNCCN1CCN(C(C)(C)C)CC1. The second-order valence-electron chi connectivity index (χ2n) is 6.55. The molecule has 18 heavy (non-hydrogen) atoms. The van der Waals surface area contributed by atoms with E-state index < -0.39 is 0 Å². The van der Waals surface area contributed by atoms with Crippen LogP contribution in [0.4, 0.5) is 0 Å². The first-order valence-corrected chi connectivity index (χ1v) is 7.22. The zero-order chi connectivity index (χ0) is 13.6. The van der Waals surface area contributed by atoms with Gasteiger partial charge in [0.25, 0.3) is 0 Å². The normalized spacial score (nSPS) is 19.7. The molecule has 0 amide bonds. The fourth-order valence-corrected chi connectivity index (χ4v) is 2.31. The van der Waals surface area contributed by atoms with Crippen LogP contribution in [0.5, 0.6) is 0 Å². The van der Waals surface area contributed by atoms with E-state index in [1.807, 2.05) is 0 Å². The first kappa shape index (κ1) is 15.9. The van der Waals surface area contributed by atoms with Gasteiger partial charge in [-0.2, -0.15) is 0 Å². The highest BCUT2D eigenvalue weighted by atomic mass is 15.3. The summed E-state index contributed by atoms with van der Waals surface area (Å²) in [4.78, 5) is 7.38. The molecule has 1 fully saturated rings. The van der Waals surface area contributed by atoms with Gasteiger partial charge < -0.3 is 10.2 Å². The van der Waals surface area contributed by atoms with Crippen molar-refractivity contribution in [1.29, 1.82) is 0 Å². The summed E-state index contributed by atoms with van der Waals surface area (Å²) in [5.41, 5.74) is 0.329. The monoisotopic (exact) mass is 256 g/mol. The molecule has 1 aliphatic heterocycles. The largest absolute Gasteiger partial charge is 0.314 e. The fourth-order valence-electron chi connectivity index (χ4n) is 2.31. The maximum Gasteiger partial charge on any atom is 0.0126 e. The van der Waals surface area contributed by atoms with Crippen LogP contribution < -0.4 is 5.32 Å². The van der Waals surface area contributed by atoms with E-state index in [-0.39, 0.29) is 0 Å². The van der Waals surface area contributed by atoms with Crippen LogP contribution in [-0.2, 0) is 0 Å². The van der Waals surface area contributed by atoms with Gasteiger partial charge in [-0.3, -0.25) is 9.80 Å². The summed E-state index contributed by atoms with van der Waals surface area (Å²) in [5.74, 6) is 0. The molecule has 0 aromatic rings. The van der Waals surface area contributed by atoms with Crippen LogP contribution in [0.25, 0.3) is 0 Å². The maximum absolute atomic E-state index is 3.51. The number of nitrogens with zero attached hydrogens (tertiary/aromatic N) is 3. The quantitative estimate of drug-likeness (QED) is 0.701. The molecule has 0 radical (unpaired) electrons. The Bertz CT molecular complexity index is 214. The second kappa shape index (κ2) is 7.43. The summed E-state index contributed by atoms with van der Waals surface area (Å²) < 4.78 is 0. The molecule has 0 bridgehead atoms. The predicted octanol–water partition coefficient (Wildman–Crippen LogP) is 0.554. The Labute approximate surface area is 113 Å². The van der Waals surface area contributed by atoms with Gasteiger partial charge in [0.05, 0.1) is 0 Å². The molecule has 1 rings (SSSR count). The third-order valence-corrected chi connectivity index (χ3v) is 3.66. The van der Waals surface area contributed by atoms with Crippen LogP contribution in [0.1, 0.15) is 20.8 Å². The van der Waals surface area contributed by atoms with Gasteiger partial charge in [-0.25, -0.2) is 0 Å². The van der Waals surface area contributed by atoms with Gasteiger partial charge in [-0.15, -0.1) is 0 Å². The van der Waals surface area contributed by atoms with Gasteiger partial charge >= 0.3 is 0 Å². The van der Waals surface area contributed by atoms with Gasteiger partial charge in [-0.05, 0) is 34.9 Å². The van der Waals surface area contributed by atoms with Gasteiger partial charge in [0.1, 0.15) is 0 Å². The Kier molecular flexibility index (Phi) is 6.57. The summed E-state index contributed by atoms with van der Waals surface area (Å²) in [6, 6.07) is 0. The Morgan fingerprint density at radius 3 is 2.11 bits per heavy atom. The van der Waals surface area contributed by atoms with Crippen molar-refractivity contribution >= 4 is 0 Å². The average molecular weight is 256 g/mol. The lowest BCUT2D eigenvalue weighted by Crippen LogP contribution is -2.54. The number of piperazine rings is 1. The highest BCUT2D eigenvalue weighted by molar-refractivity contribution is 4.81. The first-order valence-electron chi connectivity index (χ1n) is 7.22. The van der Waals surface area contributed by atoms with Gasteiger partial charge in [0.15, 0.2) is 0 Å². The predicted molar refractivity (Wildman–Crippen MR) is 79.2 cm³/mol. The average Bonchev–Trinajstić information content (AvgIpc) is 2.27. The van der Waals surface area contributed by atoms with Crippen molar-refractivity contribution in [1.82, 2.24) is 20.0 Å². The van der Waals surface area contributed by atoms with Crippen molar-refractivity contribution in [3.8, 4) is 0 Å². The first-order chi connectivity index (χ1) is 8.39. The lowest BCUT2D eigenvalue weighted by Gasteiger charge is -2.42. The summed E-state index contributed by atoms with van der Waals surface area (Å²) in [6.45, 7) is 16.3. The molecular formula is C14H32N4. The third-order valence-electron chi connectivity index (χ3n) is 3.66. The van der Waals surface area contributed by atoms with Crippen LogP contribution in [-0.4, -0.2) is 86.7 Å². The minimum absolute atomic E-state index is 0.329. The van der Waals surface area contributed by atoms with Crippen molar-refractivity contribution in [3.63, 3.8) is 0 Å². The highest BCUT2D eigenvalue weighted by Crippen LogP contribution is 2.15. The van der Waals surface area contributed by atoms with E-state index in [2.05, 4.69) is 54.9 Å². The van der Waals surface area contributed by atoms with Gasteiger partial charge in [0, 0.05) is 57.9 Å². The standard InChI is InChI=1S/C14H32N4/c1-14(2,3)18-12-10-17(11-13-18)9-7-15-6-8-16(4)5/h15H,6-13H2,1-5H3. The molecule has 1 saturated heterocycles. The number of hydrogen-bond acceptors (Lipinski definition) is 4. The van der Waals surface area contributed by atoms with Crippen LogP contribution in [0.2, 0.25) is 0 Å². The number of likely N-dealkylation sites (N-methyl/N-ethyl adjacent to an activating group) is 1. The Morgan fingerprint density at radius 2 is 1.61 bits per heavy atom. The van der Waals surface area contributed by atoms with E-state index in [1.54, 1.807) is 0 Å². The van der Waals surface area contributed by atoms with Gasteiger partial charge in [0.2, 0.25) is 0 Å². The third kappa shape index (κ3) is 6.14. The summed E-state index contributed by atoms with van der Waals surface area (Å²) in [7, 11) is 4.24. The second-order valence-corrected chi connectivity index (χ2v) is 6.55. The lowest BCUT2D eigenvalue weighted by molar-refractivity contribution is 0.0628. The van der Waals surface area contributed by atoms with E-state index in [1.165, 1.54) is 32.7 Å². The van der Waals surface area contributed by atoms with E-state index >= 15 is 0 Å². The summed E-state index contributed by atoms with van der Waals surface area (Å²) in [6.07, 6.45) is 0. The van der Waals surface area contributed by atoms with Crippen molar-refractivity contribution in [2.45, 2.75) is 26.3 Å². The van der Waals surface area contributed by atoms with Crippen LogP contribution in [0.3, 0.4) is 0 Å². The highest BCUT2D eigenvalue weighted by Gasteiger charge is 2.25. The van der Waals surface area contributed by atoms with E-state index in [0.717, 1.165) is 19.6 Å². The fraction of sp³-hybridized carbons (Fsp3) is 1.00. The van der Waals surface area contributed by atoms with Crippen molar-refractivity contribution in [3.05, 3.63) is 0 Å². The topological polar surface area (TPSA) is 21.8 Å². The van der Waals surface area contributed by atoms with Crippen molar-refractivity contribution < 1.29 is 0 Å². The van der Waals surface area contributed by atoms with E-state index in [4.69, 9.17) is 0 Å². The minimum Gasteiger partial charge on any atom is -0.314 e. The zero-order valence-corrected chi connectivity index (χ0v) is 13.0. The Morgan fingerprint density at radius 1 is 1.00 bits per heavy atom. The molecule has 108 valence electrons. The number of hydrogen-bond donors (Lipinski definition) is 1. The molecule has 0 unspecified atom stereocenters.